The molecule has 1 aromatic heterocycles. The predicted octanol–water partition coefficient (Wildman–Crippen LogP) is 9.82. The Bertz CT molecular complexity index is 2110. The molecule has 0 N–H and O–H groups in total. The van der Waals surface area contributed by atoms with E-state index in [0.717, 1.165) is 16.7 Å². The van der Waals surface area contributed by atoms with Gasteiger partial charge in [0.1, 0.15) is 11.6 Å². The molecule has 0 amide bonds. The maximum atomic E-state index is 13.9. The molecule has 0 spiro atoms. The number of halogens is 2. The fourth-order valence-electron chi connectivity index (χ4n) is 6.70. The standard InChI is InChI=1S/C41H27F2N3/c1-26-12-22-34-35-23-17-29(25-37(35)41(36(34)24-26,30-8-4-2-5-9-30)31-10-6-3-7-11-31)40-45-38(27-13-18-32(42)19-14-27)44-39(46-40)28-15-20-33(43)21-16-28/h2-25H,1H3. The molecule has 1 heterocycles. The van der Waals surface area contributed by atoms with Gasteiger partial charge in [-0.3, -0.25) is 0 Å². The summed E-state index contributed by atoms with van der Waals surface area (Å²) in [6, 6.07) is 46.5. The van der Waals surface area contributed by atoms with Gasteiger partial charge in [0.15, 0.2) is 17.5 Å². The molecule has 0 bridgehead atoms. The van der Waals surface area contributed by atoms with Crippen molar-refractivity contribution in [3.63, 3.8) is 0 Å². The minimum Gasteiger partial charge on any atom is -0.208 e. The second-order valence-electron chi connectivity index (χ2n) is 11.6. The van der Waals surface area contributed by atoms with Crippen molar-refractivity contribution >= 4 is 0 Å². The summed E-state index contributed by atoms with van der Waals surface area (Å²) in [5.41, 5.74) is 9.76. The summed E-state index contributed by atoms with van der Waals surface area (Å²) in [6.45, 7) is 2.13. The van der Waals surface area contributed by atoms with E-state index in [-0.39, 0.29) is 11.6 Å². The van der Waals surface area contributed by atoms with Crippen molar-refractivity contribution in [3.05, 3.63) is 185 Å². The minimum atomic E-state index is -0.582. The molecule has 0 atom stereocenters. The molecule has 3 nitrogen and oxygen atoms in total. The quantitative estimate of drug-likeness (QED) is 0.198. The van der Waals surface area contributed by atoms with E-state index in [0.29, 0.717) is 28.6 Å². The molecule has 8 rings (SSSR count). The van der Waals surface area contributed by atoms with E-state index >= 15 is 0 Å². The Hall–Kier alpha value is -5.81. The van der Waals surface area contributed by atoms with Crippen LogP contribution in [0.3, 0.4) is 0 Å². The Kier molecular flexibility index (Phi) is 6.61. The molecule has 1 aliphatic carbocycles. The van der Waals surface area contributed by atoms with Crippen LogP contribution in [0.15, 0.2) is 146 Å². The van der Waals surface area contributed by atoms with Crippen LogP contribution in [0, 0.1) is 18.6 Å². The highest BCUT2D eigenvalue weighted by Crippen LogP contribution is 2.56. The van der Waals surface area contributed by atoms with Gasteiger partial charge in [-0.25, -0.2) is 23.7 Å². The van der Waals surface area contributed by atoms with Crippen molar-refractivity contribution in [3.8, 4) is 45.3 Å². The summed E-state index contributed by atoms with van der Waals surface area (Å²) in [6.07, 6.45) is 0. The highest BCUT2D eigenvalue weighted by molar-refractivity contribution is 5.88. The Balaban J connectivity index is 1.40. The monoisotopic (exact) mass is 599 g/mol. The third kappa shape index (κ3) is 4.51. The number of rotatable bonds is 5. The molecule has 46 heavy (non-hydrogen) atoms. The summed E-state index contributed by atoms with van der Waals surface area (Å²) in [7, 11) is 0. The lowest BCUT2D eigenvalue weighted by atomic mass is 9.67. The molecule has 1 aliphatic rings. The van der Waals surface area contributed by atoms with E-state index in [4.69, 9.17) is 15.0 Å². The van der Waals surface area contributed by atoms with E-state index in [1.165, 1.54) is 52.1 Å². The Morgan fingerprint density at radius 1 is 0.435 bits per heavy atom. The number of aryl methyl sites for hydroxylation is 1. The minimum absolute atomic E-state index is 0.344. The van der Waals surface area contributed by atoms with Crippen LogP contribution in [-0.2, 0) is 5.41 Å². The van der Waals surface area contributed by atoms with Crippen LogP contribution in [0.4, 0.5) is 8.78 Å². The molecule has 0 radical (unpaired) electrons. The van der Waals surface area contributed by atoms with E-state index in [1.54, 1.807) is 24.3 Å². The smallest absolute Gasteiger partial charge is 0.164 e. The molecule has 0 saturated carbocycles. The fourth-order valence-corrected chi connectivity index (χ4v) is 6.70. The summed E-state index contributed by atoms with van der Waals surface area (Å²) >= 11 is 0. The van der Waals surface area contributed by atoms with Crippen LogP contribution in [0.5, 0.6) is 0 Å². The van der Waals surface area contributed by atoms with Gasteiger partial charge in [-0.05, 0) is 94.9 Å². The van der Waals surface area contributed by atoms with E-state index < -0.39 is 5.41 Å². The van der Waals surface area contributed by atoms with Crippen molar-refractivity contribution in [2.24, 2.45) is 0 Å². The fraction of sp³-hybridized carbons (Fsp3) is 0.0488. The first kappa shape index (κ1) is 27.7. The van der Waals surface area contributed by atoms with Gasteiger partial charge in [-0.1, -0.05) is 96.6 Å². The normalized spacial score (nSPS) is 12.8. The van der Waals surface area contributed by atoms with E-state index in [2.05, 4.69) is 85.8 Å². The van der Waals surface area contributed by atoms with Gasteiger partial charge in [0.25, 0.3) is 0 Å². The number of fused-ring (bicyclic) bond motifs is 3. The second kappa shape index (κ2) is 11.0. The zero-order valence-corrected chi connectivity index (χ0v) is 25.0. The summed E-state index contributed by atoms with van der Waals surface area (Å²) in [4.78, 5) is 14.5. The summed E-state index contributed by atoms with van der Waals surface area (Å²) in [5, 5.41) is 0. The first-order valence-electron chi connectivity index (χ1n) is 15.2. The van der Waals surface area contributed by atoms with Gasteiger partial charge in [-0.2, -0.15) is 0 Å². The molecule has 7 aromatic rings. The highest BCUT2D eigenvalue weighted by Gasteiger charge is 2.46. The SMILES string of the molecule is Cc1ccc2c(c1)C(c1ccccc1)(c1ccccc1)c1cc(-c3nc(-c4ccc(F)cc4)nc(-c4ccc(F)cc4)n3)ccc1-2. The van der Waals surface area contributed by atoms with Gasteiger partial charge in [0, 0.05) is 16.7 Å². The second-order valence-corrected chi connectivity index (χ2v) is 11.6. The zero-order valence-electron chi connectivity index (χ0n) is 25.0. The molecular formula is C41H27F2N3. The first-order valence-corrected chi connectivity index (χ1v) is 15.2. The molecule has 0 fully saturated rings. The average molecular weight is 600 g/mol. The number of nitrogens with zero attached hydrogens (tertiary/aromatic N) is 3. The number of aromatic nitrogens is 3. The van der Waals surface area contributed by atoms with Crippen LogP contribution < -0.4 is 0 Å². The largest absolute Gasteiger partial charge is 0.208 e. The number of hydrogen-bond donors (Lipinski definition) is 0. The highest BCUT2D eigenvalue weighted by atomic mass is 19.1. The van der Waals surface area contributed by atoms with Crippen molar-refractivity contribution < 1.29 is 8.78 Å². The van der Waals surface area contributed by atoms with Crippen molar-refractivity contribution in [1.29, 1.82) is 0 Å². The van der Waals surface area contributed by atoms with Crippen LogP contribution in [-0.4, -0.2) is 15.0 Å². The van der Waals surface area contributed by atoms with Crippen LogP contribution in [0.25, 0.3) is 45.3 Å². The zero-order chi connectivity index (χ0) is 31.3. The van der Waals surface area contributed by atoms with Crippen LogP contribution >= 0.6 is 0 Å². The Morgan fingerprint density at radius 3 is 1.35 bits per heavy atom. The maximum absolute atomic E-state index is 13.9. The Morgan fingerprint density at radius 2 is 0.848 bits per heavy atom. The predicted molar refractivity (Wildman–Crippen MR) is 178 cm³/mol. The third-order valence-electron chi connectivity index (χ3n) is 8.80. The lowest BCUT2D eigenvalue weighted by Crippen LogP contribution is -2.28. The van der Waals surface area contributed by atoms with E-state index in [9.17, 15) is 8.78 Å². The summed E-state index contributed by atoms with van der Waals surface area (Å²) in [5.74, 6) is 0.590. The van der Waals surface area contributed by atoms with Gasteiger partial charge >= 0.3 is 0 Å². The maximum Gasteiger partial charge on any atom is 0.164 e. The van der Waals surface area contributed by atoms with Crippen molar-refractivity contribution in [2.45, 2.75) is 12.3 Å². The third-order valence-corrected chi connectivity index (χ3v) is 8.80. The van der Waals surface area contributed by atoms with Crippen LogP contribution in [0.1, 0.15) is 27.8 Å². The first-order chi connectivity index (χ1) is 22.5. The number of hydrogen-bond acceptors (Lipinski definition) is 3. The lowest BCUT2D eigenvalue weighted by Gasteiger charge is -2.34. The molecule has 220 valence electrons. The van der Waals surface area contributed by atoms with Crippen molar-refractivity contribution in [2.75, 3.05) is 0 Å². The molecular weight excluding hydrogens is 572 g/mol. The van der Waals surface area contributed by atoms with Gasteiger partial charge < -0.3 is 0 Å². The summed E-state index contributed by atoms with van der Waals surface area (Å²) < 4.78 is 27.7. The lowest BCUT2D eigenvalue weighted by molar-refractivity contribution is 0.627. The van der Waals surface area contributed by atoms with Gasteiger partial charge in [-0.15, -0.1) is 0 Å². The van der Waals surface area contributed by atoms with E-state index in [1.807, 2.05) is 18.2 Å². The molecule has 5 heteroatoms. The number of benzene rings is 6. The van der Waals surface area contributed by atoms with Crippen LogP contribution in [0.2, 0.25) is 0 Å². The topological polar surface area (TPSA) is 38.7 Å². The van der Waals surface area contributed by atoms with Gasteiger partial charge in [0.05, 0.1) is 5.41 Å². The molecule has 6 aromatic carbocycles. The Labute approximate surface area is 265 Å². The van der Waals surface area contributed by atoms with Gasteiger partial charge in [0.2, 0.25) is 0 Å². The molecule has 0 aliphatic heterocycles. The molecule has 0 unspecified atom stereocenters. The van der Waals surface area contributed by atoms with Crippen molar-refractivity contribution in [1.82, 2.24) is 15.0 Å². The molecule has 0 saturated heterocycles. The average Bonchev–Trinajstić information content (AvgIpc) is 3.39.